The van der Waals surface area contributed by atoms with Crippen molar-refractivity contribution in [2.75, 3.05) is 11.1 Å². The molecule has 0 unspecified atom stereocenters. The third-order valence-corrected chi connectivity index (χ3v) is 5.06. The van der Waals surface area contributed by atoms with Crippen LogP contribution in [0.15, 0.2) is 76.4 Å². The summed E-state index contributed by atoms with van der Waals surface area (Å²) in [6, 6.07) is 20.8. The number of hydrogen-bond donors (Lipinski definition) is 1. The van der Waals surface area contributed by atoms with Crippen LogP contribution in [0.5, 0.6) is 5.75 Å². The quantitative estimate of drug-likeness (QED) is 0.411. The molecule has 29 heavy (non-hydrogen) atoms. The summed E-state index contributed by atoms with van der Waals surface area (Å²) >= 11 is 6.99. The van der Waals surface area contributed by atoms with E-state index in [9.17, 15) is 4.79 Å². The molecule has 3 aromatic carbocycles. The van der Waals surface area contributed by atoms with Crippen molar-refractivity contribution in [1.82, 2.24) is 10.2 Å². The molecule has 8 heteroatoms. The number of nitrogens with zero attached hydrogens (tertiary/aromatic N) is 2. The normalized spacial score (nSPS) is 10.8. The number of thioether (sulfide) groups is 1. The number of nitrogens with one attached hydrogen (secondary N) is 1. The number of halogens is 1. The second-order valence-corrected chi connectivity index (χ2v) is 7.47. The zero-order chi connectivity index (χ0) is 20.1. The zero-order valence-electron chi connectivity index (χ0n) is 15.2. The highest BCUT2D eigenvalue weighted by molar-refractivity contribution is 7.99. The number of hydrogen-bond acceptors (Lipinski definition) is 6. The van der Waals surface area contributed by atoms with Gasteiger partial charge in [0.25, 0.3) is 11.1 Å². The second kappa shape index (κ2) is 8.98. The molecule has 0 aliphatic carbocycles. The first-order chi connectivity index (χ1) is 14.2. The van der Waals surface area contributed by atoms with Crippen LogP contribution in [-0.4, -0.2) is 21.9 Å². The minimum absolute atomic E-state index is 0.149. The van der Waals surface area contributed by atoms with Crippen LogP contribution in [0.3, 0.4) is 0 Å². The Morgan fingerprint density at radius 2 is 1.83 bits per heavy atom. The molecule has 1 aromatic heterocycles. The van der Waals surface area contributed by atoms with Gasteiger partial charge in [0.15, 0.2) is 6.61 Å². The fourth-order valence-corrected chi connectivity index (χ4v) is 3.32. The third-order valence-electron chi connectivity index (χ3n) is 3.99. The first-order valence-electron chi connectivity index (χ1n) is 8.78. The molecule has 0 spiro atoms. The average molecular weight is 426 g/mol. The molecule has 0 bridgehead atoms. The summed E-state index contributed by atoms with van der Waals surface area (Å²) in [5.74, 6) is 1.04. The van der Waals surface area contributed by atoms with Crippen molar-refractivity contribution in [3.8, 4) is 5.75 Å². The Kier molecular flexibility index (Phi) is 5.97. The smallest absolute Gasteiger partial charge is 0.277 e. The molecule has 1 amide bonds. The molecule has 0 aliphatic heterocycles. The fraction of sp³-hybridized carbons (Fsp3) is 0.0952. The van der Waals surface area contributed by atoms with Gasteiger partial charge in [0.05, 0.1) is 5.75 Å². The van der Waals surface area contributed by atoms with Crippen LogP contribution in [-0.2, 0) is 11.4 Å². The van der Waals surface area contributed by atoms with E-state index in [1.165, 1.54) is 0 Å². The number of benzene rings is 3. The Balaban J connectivity index is 1.27. The van der Waals surface area contributed by atoms with Crippen molar-refractivity contribution in [1.29, 1.82) is 0 Å². The van der Waals surface area contributed by atoms with Gasteiger partial charge in [-0.05, 0) is 47.2 Å². The van der Waals surface area contributed by atoms with Crippen LogP contribution in [0.2, 0.25) is 5.02 Å². The molecule has 0 radical (unpaired) electrons. The molecule has 0 saturated carbocycles. The van der Waals surface area contributed by atoms with Crippen LogP contribution < -0.4 is 10.1 Å². The van der Waals surface area contributed by atoms with Gasteiger partial charge < -0.3 is 14.5 Å². The lowest BCUT2D eigenvalue weighted by Crippen LogP contribution is -2.13. The molecular formula is C21H16ClN3O3S. The van der Waals surface area contributed by atoms with Gasteiger partial charge in [-0.25, -0.2) is 0 Å². The van der Waals surface area contributed by atoms with E-state index in [1.54, 1.807) is 24.3 Å². The van der Waals surface area contributed by atoms with Gasteiger partial charge in [0.1, 0.15) is 5.75 Å². The second-order valence-electron chi connectivity index (χ2n) is 6.10. The maximum Gasteiger partial charge on any atom is 0.277 e. The van der Waals surface area contributed by atoms with E-state index in [0.717, 1.165) is 28.3 Å². The summed E-state index contributed by atoms with van der Waals surface area (Å²) in [4.78, 5) is 12.0. The molecule has 0 fully saturated rings. The summed E-state index contributed by atoms with van der Waals surface area (Å²) in [5, 5.41) is 13.8. The standard InChI is InChI=1S/C21H16ClN3O3S/c22-16-6-8-17(9-7-16)23-19(26)13-29-21-25-24-20(28-21)12-27-18-10-5-14-3-1-2-4-15(14)11-18/h1-11H,12-13H2,(H,23,26). The van der Waals surface area contributed by atoms with Gasteiger partial charge in [-0.3, -0.25) is 4.79 Å². The molecule has 4 aromatic rings. The molecule has 146 valence electrons. The van der Waals surface area contributed by atoms with E-state index in [1.807, 2.05) is 42.5 Å². The first-order valence-corrected chi connectivity index (χ1v) is 10.1. The Morgan fingerprint density at radius 3 is 2.66 bits per heavy atom. The number of amides is 1. The van der Waals surface area contributed by atoms with Crippen LogP contribution in [0.1, 0.15) is 5.89 Å². The van der Waals surface area contributed by atoms with Gasteiger partial charge in [0, 0.05) is 10.7 Å². The maximum atomic E-state index is 12.0. The number of anilines is 1. The molecule has 1 heterocycles. The summed E-state index contributed by atoms with van der Waals surface area (Å²) < 4.78 is 11.3. The third kappa shape index (κ3) is 5.28. The van der Waals surface area contributed by atoms with E-state index in [0.29, 0.717) is 21.8 Å². The number of ether oxygens (including phenoxy) is 1. The molecule has 6 nitrogen and oxygen atoms in total. The number of fused-ring (bicyclic) bond motifs is 1. The highest BCUT2D eigenvalue weighted by atomic mass is 35.5. The highest BCUT2D eigenvalue weighted by Gasteiger charge is 2.11. The molecule has 0 aliphatic rings. The lowest BCUT2D eigenvalue weighted by Gasteiger charge is -2.05. The van der Waals surface area contributed by atoms with E-state index in [4.69, 9.17) is 20.8 Å². The minimum Gasteiger partial charge on any atom is -0.484 e. The maximum absolute atomic E-state index is 12.0. The Bertz CT molecular complexity index is 1130. The Labute approximate surface area is 176 Å². The van der Waals surface area contributed by atoms with Gasteiger partial charge >= 0.3 is 0 Å². The number of carbonyl (C=O) groups excluding carboxylic acids is 1. The first kappa shape index (κ1) is 19.3. The van der Waals surface area contributed by atoms with Crippen molar-refractivity contribution in [3.05, 3.63) is 77.6 Å². The number of rotatable bonds is 7. The summed E-state index contributed by atoms with van der Waals surface area (Å²) in [5.41, 5.74) is 0.676. The molecule has 0 atom stereocenters. The van der Waals surface area contributed by atoms with E-state index >= 15 is 0 Å². The molecule has 1 N–H and O–H groups in total. The van der Waals surface area contributed by atoms with Gasteiger partial charge in [-0.1, -0.05) is 53.7 Å². The Hall–Kier alpha value is -3.03. The highest BCUT2D eigenvalue weighted by Crippen LogP contribution is 2.22. The van der Waals surface area contributed by atoms with Gasteiger partial charge in [0.2, 0.25) is 5.91 Å². The predicted octanol–water partition coefficient (Wildman–Crippen LogP) is 5.19. The number of carbonyl (C=O) groups is 1. The van der Waals surface area contributed by atoms with E-state index < -0.39 is 0 Å². The minimum atomic E-state index is -0.176. The topological polar surface area (TPSA) is 77.2 Å². The van der Waals surface area contributed by atoms with Gasteiger partial charge in [-0.15, -0.1) is 10.2 Å². The lowest BCUT2D eigenvalue weighted by molar-refractivity contribution is -0.113. The Morgan fingerprint density at radius 1 is 1.03 bits per heavy atom. The number of aromatic nitrogens is 2. The van der Waals surface area contributed by atoms with Crippen LogP contribution in [0, 0.1) is 0 Å². The fourth-order valence-electron chi connectivity index (χ4n) is 2.61. The zero-order valence-corrected chi connectivity index (χ0v) is 16.7. The SMILES string of the molecule is O=C(CSc1nnc(COc2ccc3ccccc3c2)o1)Nc1ccc(Cl)cc1. The molecule has 4 rings (SSSR count). The average Bonchev–Trinajstić information content (AvgIpc) is 3.20. The largest absolute Gasteiger partial charge is 0.484 e. The van der Waals surface area contributed by atoms with E-state index in [2.05, 4.69) is 15.5 Å². The van der Waals surface area contributed by atoms with Crippen molar-refractivity contribution in [2.24, 2.45) is 0 Å². The summed E-state index contributed by atoms with van der Waals surface area (Å²) in [6.07, 6.45) is 0. The summed E-state index contributed by atoms with van der Waals surface area (Å²) in [7, 11) is 0. The predicted molar refractivity (Wildman–Crippen MR) is 113 cm³/mol. The molecule has 0 saturated heterocycles. The van der Waals surface area contributed by atoms with Crippen LogP contribution >= 0.6 is 23.4 Å². The van der Waals surface area contributed by atoms with Gasteiger partial charge in [-0.2, -0.15) is 0 Å². The van der Waals surface area contributed by atoms with Crippen molar-refractivity contribution in [2.45, 2.75) is 11.8 Å². The molecular weight excluding hydrogens is 410 g/mol. The van der Waals surface area contributed by atoms with Crippen molar-refractivity contribution < 1.29 is 13.9 Å². The van der Waals surface area contributed by atoms with Crippen molar-refractivity contribution >= 4 is 45.7 Å². The lowest BCUT2D eigenvalue weighted by atomic mass is 10.1. The van der Waals surface area contributed by atoms with E-state index in [-0.39, 0.29) is 18.3 Å². The van der Waals surface area contributed by atoms with Crippen molar-refractivity contribution in [3.63, 3.8) is 0 Å². The summed E-state index contributed by atoms with van der Waals surface area (Å²) in [6.45, 7) is 0.156. The van der Waals surface area contributed by atoms with Crippen LogP contribution in [0.4, 0.5) is 5.69 Å². The van der Waals surface area contributed by atoms with Crippen LogP contribution in [0.25, 0.3) is 10.8 Å². The monoisotopic (exact) mass is 425 g/mol.